The highest BCUT2D eigenvalue weighted by molar-refractivity contribution is 7.15. The van der Waals surface area contributed by atoms with E-state index in [1.165, 1.54) is 4.88 Å². The minimum absolute atomic E-state index is 0.237. The molecular weight excluding hydrogens is 356 g/mol. The standard InChI is InChI=1S/C18H17ClN4OS/c1-12-16(25-17(22-12)13-6-9-20-10-7-13)8-11-21-18(24)23-15-4-2-14(19)3-5-15/h2-7,9-10H,8,11H2,1H3,(H2,21,23,24). The molecule has 3 rings (SSSR count). The molecule has 2 amide bonds. The molecule has 0 bridgehead atoms. The normalized spacial score (nSPS) is 10.5. The quantitative estimate of drug-likeness (QED) is 0.691. The van der Waals surface area contributed by atoms with Crippen LogP contribution in [0, 0.1) is 6.92 Å². The first-order valence-corrected chi connectivity index (χ1v) is 8.98. The number of amides is 2. The third-order valence-electron chi connectivity index (χ3n) is 3.56. The second kappa shape index (κ2) is 8.09. The second-order valence-electron chi connectivity index (χ2n) is 5.40. The Kier molecular flexibility index (Phi) is 5.63. The van der Waals surface area contributed by atoms with Crippen molar-refractivity contribution in [3.8, 4) is 10.6 Å². The molecule has 0 unspecified atom stereocenters. The van der Waals surface area contributed by atoms with Crippen molar-refractivity contribution in [2.75, 3.05) is 11.9 Å². The van der Waals surface area contributed by atoms with E-state index < -0.39 is 0 Å². The monoisotopic (exact) mass is 372 g/mol. The Morgan fingerprint density at radius 2 is 1.88 bits per heavy atom. The highest BCUT2D eigenvalue weighted by Crippen LogP contribution is 2.27. The van der Waals surface area contributed by atoms with Crippen molar-refractivity contribution in [1.82, 2.24) is 15.3 Å². The van der Waals surface area contributed by atoms with Gasteiger partial charge in [0.25, 0.3) is 0 Å². The molecule has 0 aliphatic rings. The van der Waals surface area contributed by atoms with E-state index in [4.69, 9.17) is 11.6 Å². The van der Waals surface area contributed by atoms with Crippen molar-refractivity contribution >= 4 is 34.7 Å². The molecule has 0 radical (unpaired) electrons. The van der Waals surface area contributed by atoms with Gasteiger partial charge in [-0.1, -0.05) is 11.6 Å². The molecule has 3 aromatic rings. The lowest BCUT2D eigenvalue weighted by Gasteiger charge is -2.07. The lowest BCUT2D eigenvalue weighted by molar-refractivity contribution is 0.252. The lowest BCUT2D eigenvalue weighted by atomic mass is 10.3. The third-order valence-corrected chi connectivity index (χ3v) is 5.08. The zero-order chi connectivity index (χ0) is 17.6. The number of benzene rings is 1. The second-order valence-corrected chi connectivity index (χ2v) is 6.92. The van der Waals surface area contributed by atoms with Gasteiger partial charge in [0.2, 0.25) is 0 Å². The fourth-order valence-electron chi connectivity index (χ4n) is 2.28. The third kappa shape index (κ3) is 4.78. The van der Waals surface area contributed by atoms with Gasteiger partial charge in [0, 0.05) is 46.5 Å². The molecule has 2 heterocycles. The number of carbonyl (C=O) groups is 1. The molecular formula is C18H17ClN4OS. The number of pyridine rings is 1. The molecule has 0 saturated carbocycles. The van der Waals surface area contributed by atoms with Gasteiger partial charge in [0.1, 0.15) is 5.01 Å². The van der Waals surface area contributed by atoms with Crippen molar-refractivity contribution in [3.05, 3.63) is 64.4 Å². The first-order chi connectivity index (χ1) is 12.1. The van der Waals surface area contributed by atoms with Crippen LogP contribution >= 0.6 is 22.9 Å². The van der Waals surface area contributed by atoms with Crippen LogP contribution in [-0.4, -0.2) is 22.5 Å². The first-order valence-electron chi connectivity index (χ1n) is 7.79. The average Bonchev–Trinajstić information content (AvgIpc) is 2.99. The van der Waals surface area contributed by atoms with Crippen LogP contribution in [0.25, 0.3) is 10.6 Å². The maximum atomic E-state index is 11.9. The van der Waals surface area contributed by atoms with Gasteiger partial charge in [-0.2, -0.15) is 0 Å². The zero-order valence-electron chi connectivity index (χ0n) is 13.6. The number of aromatic nitrogens is 2. The molecule has 2 N–H and O–H groups in total. The highest BCUT2D eigenvalue weighted by atomic mass is 35.5. The molecule has 128 valence electrons. The van der Waals surface area contributed by atoms with E-state index >= 15 is 0 Å². The molecule has 5 nitrogen and oxygen atoms in total. The minimum atomic E-state index is -0.237. The Hall–Kier alpha value is -2.44. The Labute approximate surface area is 155 Å². The number of thiazole rings is 1. The summed E-state index contributed by atoms with van der Waals surface area (Å²) < 4.78 is 0. The molecule has 0 atom stereocenters. The number of rotatable bonds is 5. The van der Waals surface area contributed by atoms with Gasteiger partial charge >= 0.3 is 6.03 Å². The molecule has 0 fully saturated rings. The van der Waals surface area contributed by atoms with Crippen LogP contribution in [0.15, 0.2) is 48.8 Å². The van der Waals surface area contributed by atoms with E-state index in [1.54, 1.807) is 48.0 Å². The van der Waals surface area contributed by atoms with E-state index in [2.05, 4.69) is 20.6 Å². The van der Waals surface area contributed by atoms with Crippen molar-refractivity contribution in [2.24, 2.45) is 0 Å². The molecule has 0 aliphatic heterocycles. The molecule has 0 aliphatic carbocycles. The van der Waals surface area contributed by atoms with Crippen molar-refractivity contribution in [1.29, 1.82) is 0 Å². The van der Waals surface area contributed by atoms with Gasteiger partial charge < -0.3 is 10.6 Å². The van der Waals surface area contributed by atoms with Gasteiger partial charge in [-0.25, -0.2) is 9.78 Å². The van der Waals surface area contributed by atoms with Crippen molar-refractivity contribution < 1.29 is 4.79 Å². The summed E-state index contributed by atoms with van der Waals surface area (Å²) >= 11 is 7.47. The Morgan fingerprint density at radius 1 is 1.16 bits per heavy atom. The van der Waals surface area contributed by atoms with Crippen LogP contribution in [0.3, 0.4) is 0 Å². The summed E-state index contributed by atoms with van der Waals surface area (Å²) in [7, 11) is 0. The smallest absolute Gasteiger partial charge is 0.319 e. The van der Waals surface area contributed by atoms with E-state index in [0.29, 0.717) is 17.3 Å². The maximum absolute atomic E-state index is 11.9. The topological polar surface area (TPSA) is 66.9 Å². The summed E-state index contributed by atoms with van der Waals surface area (Å²) in [6.07, 6.45) is 4.26. The Balaban J connectivity index is 1.53. The number of nitrogens with zero attached hydrogens (tertiary/aromatic N) is 2. The molecule has 2 aromatic heterocycles. The number of halogens is 1. The number of nitrogens with one attached hydrogen (secondary N) is 2. The predicted molar refractivity (Wildman–Crippen MR) is 102 cm³/mol. The molecule has 1 aromatic carbocycles. The Bertz CT molecular complexity index is 849. The average molecular weight is 373 g/mol. The van der Waals surface area contributed by atoms with Crippen LogP contribution in [0.5, 0.6) is 0 Å². The summed E-state index contributed by atoms with van der Waals surface area (Å²) in [5, 5.41) is 7.24. The number of carbonyl (C=O) groups excluding carboxylic acids is 1. The summed E-state index contributed by atoms with van der Waals surface area (Å²) in [5.41, 5.74) is 2.76. The molecule has 0 saturated heterocycles. The van der Waals surface area contributed by atoms with E-state index in [1.807, 2.05) is 19.1 Å². The van der Waals surface area contributed by atoms with Crippen LogP contribution < -0.4 is 10.6 Å². The van der Waals surface area contributed by atoms with E-state index in [0.717, 1.165) is 22.7 Å². The Morgan fingerprint density at radius 3 is 2.60 bits per heavy atom. The SMILES string of the molecule is Cc1nc(-c2ccncc2)sc1CCNC(=O)Nc1ccc(Cl)cc1. The highest BCUT2D eigenvalue weighted by Gasteiger charge is 2.10. The van der Waals surface area contributed by atoms with Crippen LogP contribution in [0.4, 0.5) is 10.5 Å². The molecule has 7 heteroatoms. The molecule has 0 spiro atoms. The van der Waals surface area contributed by atoms with Crippen molar-refractivity contribution in [2.45, 2.75) is 13.3 Å². The number of hydrogen-bond acceptors (Lipinski definition) is 4. The van der Waals surface area contributed by atoms with Crippen LogP contribution in [-0.2, 0) is 6.42 Å². The fraction of sp³-hybridized carbons (Fsp3) is 0.167. The van der Waals surface area contributed by atoms with Crippen LogP contribution in [0.2, 0.25) is 5.02 Å². The van der Waals surface area contributed by atoms with Gasteiger partial charge in [-0.3, -0.25) is 4.98 Å². The zero-order valence-corrected chi connectivity index (χ0v) is 15.2. The van der Waals surface area contributed by atoms with E-state index in [-0.39, 0.29) is 6.03 Å². The largest absolute Gasteiger partial charge is 0.338 e. The maximum Gasteiger partial charge on any atom is 0.319 e. The predicted octanol–water partition coefficient (Wildman–Crippen LogP) is 4.53. The number of urea groups is 1. The lowest BCUT2D eigenvalue weighted by Crippen LogP contribution is -2.30. The van der Waals surface area contributed by atoms with Gasteiger partial charge in [-0.05, 0) is 43.3 Å². The fourth-order valence-corrected chi connectivity index (χ4v) is 3.47. The first kappa shape index (κ1) is 17.4. The van der Waals surface area contributed by atoms with E-state index in [9.17, 15) is 4.79 Å². The number of aryl methyl sites for hydroxylation is 1. The van der Waals surface area contributed by atoms with Gasteiger partial charge in [-0.15, -0.1) is 11.3 Å². The van der Waals surface area contributed by atoms with Crippen molar-refractivity contribution in [3.63, 3.8) is 0 Å². The minimum Gasteiger partial charge on any atom is -0.338 e. The van der Waals surface area contributed by atoms with Gasteiger partial charge in [0.05, 0.1) is 5.69 Å². The summed E-state index contributed by atoms with van der Waals surface area (Å²) in [4.78, 5) is 21.7. The summed E-state index contributed by atoms with van der Waals surface area (Å²) in [5.74, 6) is 0. The number of anilines is 1. The molecule has 25 heavy (non-hydrogen) atoms. The summed E-state index contributed by atoms with van der Waals surface area (Å²) in [6, 6.07) is 10.6. The van der Waals surface area contributed by atoms with Crippen LogP contribution in [0.1, 0.15) is 10.6 Å². The summed E-state index contributed by atoms with van der Waals surface area (Å²) in [6.45, 7) is 2.53. The van der Waals surface area contributed by atoms with Gasteiger partial charge in [0.15, 0.2) is 0 Å². The number of hydrogen-bond donors (Lipinski definition) is 2.